The van der Waals surface area contributed by atoms with Crippen LogP contribution in [0.3, 0.4) is 0 Å². The van der Waals surface area contributed by atoms with Crippen molar-refractivity contribution in [1.29, 1.82) is 0 Å². The molecule has 0 atom stereocenters. The van der Waals surface area contributed by atoms with Crippen molar-refractivity contribution in [3.8, 4) is 0 Å². The van der Waals surface area contributed by atoms with Crippen LogP contribution in [0.4, 0.5) is 0 Å². The number of hydrogen-bond acceptors (Lipinski definition) is 2. The number of hydrogen-bond donors (Lipinski definition) is 0. The van der Waals surface area contributed by atoms with Gasteiger partial charge in [0, 0.05) is 6.15 Å². The van der Waals surface area contributed by atoms with E-state index >= 15 is 0 Å². The van der Waals surface area contributed by atoms with Crippen molar-refractivity contribution in [2.45, 2.75) is 0 Å². The van der Waals surface area contributed by atoms with Gasteiger partial charge in [-0.25, -0.2) is 0 Å². The predicted molar refractivity (Wildman–Crippen MR) is 11.1 cm³/mol. The van der Waals surface area contributed by atoms with Gasteiger partial charge in [0.1, 0.15) is 0 Å². The zero-order chi connectivity index (χ0) is 2.71. The quantitative estimate of drug-likeness (QED) is 0.367. The first-order valence-corrected chi connectivity index (χ1v) is 1.00. The Labute approximate surface area is 27.2 Å². The summed E-state index contributed by atoms with van der Waals surface area (Å²) in [6.45, 7) is 0. The summed E-state index contributed by atoms with van der Waals surface area (Å²) < 4.78 is 16.6. The van der Waals surface area contributed by atoms with Crippen LogP contribution in [-0.4, -0.2) is 8.42 Å². The molecule has 0 aromatic heterocycles. The molecule has 0 saturated carbocycles. The highest BCUT2D eigenvalue weighted by Gasteiger charge is 1.12. The van der Waals surface area contributed by atoms with Crippen LogP contribution < -0.4 is 6.15 Å². The Morgan fingerprint density at radius 1 is 1.25 bits per heavy atom. The van der Waals surface area contributed by atoms with Crippen molar-refractivity contribution in [3.63, 3.8) is 0 Å². The summed E-state index contributed by atoms with van der Waals surface area (Å²) in [5.41, 5.74) is 0. The van der Waals surface area contributed by atoms with Crippen LogP contribution in [0.1, 0.15) is 0 Å². The maximum atomic E-state index is 8.29. The van der Waals surface area contributed by atoms with Crippen LogP contribution in [0, 0.1) is 0 Å². The lowest BCUT2D eigenvalue weighted by molar-refractivity contribution is 0.630. The zero-order valence-corrected chi connectivity index (χ0v) is 2.49. The molecule has 0 heterocycles. The van der Waals surface area contributed by atoms with Crippen molar-refractivity contribution < 1.29 is 8.42 Å². The summed E-state index contributed by atoms with van der Waals surface area (Å²) >= 11 is -0.750. The van der Waals surface area contributed by atoms with Crippen molar-refractivity contribution in [2.24, 2.45) is 0 Å². The second kappa shape index (κ2) is 14.5. The minimum absolute atomic E-state index is 0. The maximum Gasteiger partial charge on any atom is 0.335 e. The first-order chi connectivity index (χ1) is 1.41. The van der Waals surface area contributed by atoms with Crippen LogP contribution in [0.15, 0.2) is 0 Å². The van der Waals surface area contributed by atoms with Gasteiger partial charge in [-0.15, -0.1) is 0 Å². The third-order valence-corrected chi connectivity index (χ3v) is 0. The Hall–Kier alpha value is -0.220. The molecule has 0 amide bonds. The van der Waals surface area contributed by atoms with E-state index in [-0.39, 0.29) is 6.15 Å². The Morgan fingerprint density at radius 3 is 1.25 bits per heavy atom. The molecule has 0 saturated heterocycles. The SMILES string of the molecule is O=S=O.[N]. The maximum absolute atomic E-state index is 8.29. The smallest absolute Gasteiger partial charge is 0.168 e. The lowest BCUT2D eigenvalue weighted by Gasteiger charge is -0.947. The van der Waals surface area contributed by atoms with E-state index in [1.54, 1.807) is 0 Å². The second-order valence-corrected chi connectivity index (χ2v) is 0.204. The molecule has 4 heteroatoms. The Balaban J connectivity index is 0. The molecule has 0 aliphatic rings. The van der Waals surface area contributed by atoms with Gasteiger partial charge in [0.15, 0.2) is 0 Å². The van der Waals surface area contributed by atoms with Crippen LogP contribution in [0.5, 0.6) is 0 Å². The van der Waals surface area contributed by atoms with Gasteiger partial charge in [-0.1, -0.05) is 0 Å². The molecular formula is NO2S. The van der Waals surface area contributed by atoms with Gasteiger partial charge >= 0.3 is 11.6 Å². The molecular weight excluding hydrogens is 78.1 g/mol. The van der Waals surface area contributed by atoms with Crippen molar-refractivity contribution in [3.05, 3.63) is 0 Å². The average Bonchev–Trinajstić information content (AvgIpc) is 0.918. The van der Waals surface area contributed by atoms with Crippen molar-refractivity contribution >= 4 is 11.6 Å². The molecule has 0 fully saturated rings. The fraction of sp³-hybridized carbons (Fsp3) is 0. The lowest BCUT2D eigenvalue weighted by Crippen LogP contribution is -1.18. The molecule has 0 aromatic rings. The molecule has 0 spiro atoms. The van der Waals surface area contributed by atoms with E-state index in [4.69, 9.17) is 8.42 Å². The molecule has 0 rings (SSSR count). The molecule has 3 radical (unpaired) electrons. The molecule has 4 heavy (non-hydrogen) atoms. The van der Waals surface area contributed by atoms with E-state index in [2.05, 4.69) is 0 Å². The second-order valence-electron chi connectivity index (χ2n) is 0.0680. The Morgan fingerprint density at radius 2 is 1.25 bits per heavy atom. The van der Waals surface area contributed by atoms with Gasteiger partial charge in [-0.2, -0.15) is 8.42 Å². The lowest BCUT2D eigenvalue weighted by atomic mass is 14.0. The highest BCUT2D eigenvalue weighted by Crippen LogP contribution is 0.846. The fourth-order valence-corrected chi connectivity index (χ4v) is 0. The minimum atomic E-state index is -0.750. The van der Waals surface area contributed by atoms with Crippen LogP contribution in [0.2, 0.25) is 0 Å². The molecule has 0 N–H and O–H groups in total. The number of nitrogens with zero attached hydrogens (tertiary/aromatic N) is 1. The van der Waals surface area contributed by atoms with Crippen LogP contribution in [0.25, 0.3) is 0 Å². The molecule has 0 bridgehead atoms. The van der Waals surface area contributed by atoms with Gasteiger partial charge in [-0.05, 0) is 0 Å². The monoisotopic (exact) mass is 78.0 g/mol. The van der Waals surface area contributed by atoms with Crippen molar-refractivity contribution in [1.82, 2.24) is 6.15 Å². The van der Waals surface area contributed by atoms with Gasteiger partial charge < -0.3 is 0 Å². The first kappa shape index (κ1) is 9.22. The normalized spacial score (nSPS) is 3.00. The molecule has 23 valence electrons. The van der Waals surface area contributed by atoms with Gasteiger partial charge in [0.05, 0.1) is 0 Å². The molecule has 0 unspecified atom stereocenters. The van der Waals surface area contributed by atoms with Gasteiger partial charge in [0.2, 0.25) is 0 Å². The van der Waals surface area contributed by atoms with E-state index in [0.29, 0.717) is 0 Å². The van der Waals surface area contributed by atoms with Crippen molar-refractivity contribution in [2.75, 3.05) is 0 Å². The molecule has 0 aromatic carbocycles. The third kappa shape index (κ3) is 22.4. The third-order valence-electron chi connectivity index (χ3n) is 0. The zero-order valence-electron chi connectivity index (χ0n) is 1.67. The Kier molecular flexibility index (Phi) is 33.4. The summed E-state index contributed by atoms with van der Waals surface area (Å²) in [6, 6.07) is 0. The standard InChI is InChI=1S/N.O2S/c;1-3-2. The summed E-state index contributed by atoms with van der Waals surface area (Å²) in [5.74, 6) is 0. The van der Waals surface area contributed by atoms with E-state index in [1.807, 2.05) is 0 Å². The summed E-state index contributed by atoms with van der Waals surface area (Å²) in [7, 11) is 0. The van der Waals surface area contributed by atoms with Crippen LogP contribution >= 0.6 is 0 Å². The summed E-state index contributed by atoms with van der Waals surface area (Å²) in [6.07, 6.45) is 0. The predicted octanol–water partition coefficient (Wildman–Crippen LogP) is -1.15. The van der Waals surface area contributed by atoms with E-state index < -0.39 is 11.6 Å². The van der Waals surface area contributed by atoms with E-state index in [9.17, 15) is 0 Å². The van der Waals surface area contributed by atoms with Gasteiger partial charge in [0.25, 0.3) is 0 Å². The molecule has 0 aliphatic heterocycles. The minimum Gasteiger partial charge on any atom is -0.168 e. The van der Waals surface area contributed by atoms with Gasteiger partial charge in [-0.3, -0.25) is 0 Å². The summed E-state index contributed by atoms with van der Waals surface area (Å²) in [5, 5.41) is 0. The molecule has 3 nitrogen and oxygen atoms in total. The molecule has 0 aliphatic carbocycles. The summed E-state index contributed by atoms with van der Waals surface area (Å²) in [4.78, 5) is 0. The average molecular weight is 78.1 g/mol. The highest BCUT2D eigenvalue weighted by atomic mass is 32.1. The largest absolute Gasteiger partial charge is 0.335 e. The van der Waals surface area contributed by atoms with E-state index in [0.717, 1.165) is 0 Å². The van der Waals surface area contributed by atoms with E-state index in [1.165, 1.54) is 0 Å². The first-order valence-electron chi connectivity index (χ1n) is 0.333. The highest BCUT2D eigenvalue weighted by molar-refractivity contribution is 7.51. The van der Waals surface area contributed by atoms with Crippen LogP contribution in [-0.2, 0) is 11.6 Å². The number of rotatable bonds is 0. The Bertz CT molecular complexity index is 27.0. The topological polar surface area (TPSA) is 64.6 Å². The fourth-order valence-electron chi connectivity index (χ4n) is 0.